The quantitative estimate of drug-likeness (QED) is 0.401. The first-order valence-corrected chi connectivity index (χ1v) is 8.63. The fourth-order valence-electron chi connectivity index (χ4n) is 2.95. The molecule has 0 radical (unpaired) electrons. The van der Waals surface area contributed by atoms with Crippen LogP contribution in [0.5, 0.6) is 5.75 Å². The van der Waals surface area contributed by atoms with Crippen LogP contribution in [-0.2, 0) is 6.54 Å². The second kappa shape index (κ2) is 9.59. The van der Waals surface area contributed by atoms with Gasteiger partial charge in [0.1, 0.15) is 5.75 Å². The number of nitrogens with zero attached hydrogens (tertiary/aromatic N) is 2. The Hall–Kier alpha value is -2.29. The first kappa shape index (κ1) is 21.0. The normalized spacial score (nSPS) is 15.8. The lowest BCUT2D eigenvalue weighted by molar-refractivity contribution is 0.0827. The summed E-state index contributed by atoms with van der Waals surface area (Å²) in [7, 11) is 3.47. The molecular weight excluding hydrogens is 455 g/mol. The van der Waals surface area contributed by atoms with Gasteiger partial charge in [0.05, 0.1) is 19.2 Å². The molecule has 7 heteroatoms. The molecule has 27 heavy (non-hydrogen) atoms. The molecule has 0 aliphatic carbocycles. The van der Waals surface area contributed by atoms with Crippen molar-refractivity contribution in [2.75, 3.05) is 20.7 Å². The van der Waals surface area contributed by atoms with Crippen molar-refractivity contribution in [2.24, 2.45) is 10.7 Å². The van der Waals surface area contributed by atoms with E-state index >= 15 is 0 Å². The lowest BCUT2D eigenvalue weighted by Crippen LogP contribution is -2.37. The number of hydrogen-bond donors (Lipinski definition) is 2. The summed E-state index contributed by atoms with van der Waals surface area (Å²) >= 11 is 0. The molecule has 0 bridgehead atoms. The third-order valence-electron chi connectivity index (χ3n) is 4.29. The maximum atomic E-state index is 12.1. The number of rotatable bonds is 4. The number of benzene rings is 2. The largest absolute Gasteiger partial charge is 0.493 e. The average Bonchev–Trinajstić information content (AvgIpc) is 2.66. The summed E-state index contributed by atoms with van der Waals surface area (Å²) < 4.78 is 5.66. The van der Waals surface area contributed by atoms with Gasteiger partial charge >= 0.3 is 0 Å². The lowest BCUT2D eigenvalue weighted by Gasteiger charge is -2.26. The van der Waals surface area contributed by atoms with Crippen molar-refractivity contribution in [1.82, 2.24) is 10.2 Å². The molecule has 144 valence electrons. The Morgan fingerprint density at radius 2 is 2.04 bits per heavy atom. The van der Waals surface area contributed by atoms with Crippen molar-refractivity contribution in [3.8, 4) is 5.75 Å². The van der Waals surface area contributed by atoms with Crippen LogP contribution in [0.25, 0.3) is 0 Å². The standard InChI is InChI=1S/C20H24N4O2.HI/c1-24(2)19(25)15-7-5-6-14(12-15)13-22-20(21)23-17-10-11-26-18-9-4-3-8-16(17)18;/h3-9,12,17H,10-11,13H2,1-2H3,(H3,21,22,23);1H. The Kier molecular flexibility index (Phi) is 7.46. The predicted octanol–water partition coefficient (Wildman–Crippen LogP) is 2.93. The molecule has 2 aromatic rings. The van der Waals surface area contributed by atoms with Crippen molar-refractivity contribution in [3.63, 3.8) is 0 Å². The molecule has 1 aliphatic heterocycles. The molecule has 3 N–H and O–H groups in total. The van der Waals surface area contributed by atoms with Crippen LogP contribution >= 0.6 is 24.0 Å². The van der Waals surface area contributed by atoms with Gasteiger partial charge in [0.25, 0.3) is 5.91 Å². The van der Waals surface area contributed by atoms with Gasteiger partial charge in [-0.3, -0.25) is 4.79 Å². The van der Waals surface area contributed by atoms with E-state index in [1.165, 1.54) is 0 Å². The number of ether oxygens (including phenoxy) is 1. The van der Waals surface area contributed by atoms with Gasteiger partial charge in [-0.1, -0.05) is 30.3 Å². The number of amides is 1. The van der Waals surface area contributed by atoms with E-state index in [9.17, 15) is 4.79 Å². The minimum Gasteiger partial charge on any atom is -0.493 e. The highest BCUT2D eigenvalue weighted by atomic mass is 127. The maximum Gasteiger partial charge on any atom is 0.253 e. The van der Waals surface area contributed by atoms with Crippen molar-refractivity contribution in [2.45, 2.75) is 19.0 Å². The van der Waals surface area contributed by atoms with Crippen LogP contribution in [0.1, 0.15) is 33.9 Å². The molecule has 3 rings (SSSR count). The number of aliphatic imine (C=N–C) groups is 1. The van der Waals surface area contributed by atoms with Gasteiger partial charge in [-0.25, -0.2) is 4.99 Å². The fourth-order valence-corrected chi connectivity index (χ4v) is 2.95. The molecule has 0 aromatic heterocycles. The predicted molar refractivity (Wildman–Crippen MR) is 118 cm³/mol. The zero-order chi connectivity index (χ0) is 18.5. The number of nitrogens with one attached hydrogen (secondary N) is 1. The van der Waals surface area contributed by atoms with Crippen molar-refractivity contribution in [3.05, 3.63) is 65.2 Å². The first-order valence-electron chi connectivity index (χ1n) is 8.63. The van der Waals surface area contributed by atoms with E-state index < -0.39 is 0 Å². The zero-order valence-electron chi connectivity index (χ0n) is 15.5. The van der Waals surface area contributed by atoms with E-state index in [-0.39, 0.29) is 35.9 Å². The van der Waals surface area contributed by atoms with Crippen LogP contribution in [-0.4, -0.2) is 37.5 Å². The first-order chi connectivity index (χ1) is 12.5. The van der Waals surface area contributed by atoms with Crippen LogP contribution in [0.2, 0.25) is 0 Å². The molecule has 1 amide bonds. The third-order valence-corrected chi connectivity index (χ3v) is 4.29. The lowest BCUT2D eigenvalue weighted by atomic mass is 10.0. The summed E-state index contributed by atoms with van der Waals surface area (Å²) in [4.78, 5) is 18.0. The van der Waals surface area contributed by atoms with Crippen LogP contribution in [0.15, 0.2) is 53.5 Å². The van der Waals surface area contributed by atoms with E-state index in [1.54, 1.807) is 25.1 Å². The van der Waals surface area contributed by atoms with E-state index in [1.807, 2.05) is 42.5 Å². The zero-order valence-corrected chi connectivity index (χ0v) is 17.8. The van der Waals surface area contributed by atoms with E-state index in [2.05, 4.69) is 10.3 Å². The second-order valence-electron chi connectivity index (χ2n) is 6.47. The molecule has 1 unspecified atom stereocenters. The van der Waals surface area contributed by atoms with E-state index in [0.29, 0.717) is 24.7 Å². The molecular formula is C20H25IN4O2. The highest BCUT2D eigenvalue weighted by Gasteiger charge is 2.21. The van der Waals surface area contributed by atoms with Crippen molar-refractivity contribution in [1.29, 1.82) is 0 Å². The maximum absolute atomic E-state index is 12.1. The molecule has 0 saturated heterocycles. The molecule has 1 heterocycles. The summed E-state index contributed by atoms with van der Waals surface area (Å²) in [5.41, 5.74) is 8.76. The fraction of sp³-hybridized carbons (Fsp3) is 0.300. The van der Waals surface area contributed by atoms with Gasteiger partial charge in [0, 0.05) is 31.6 Å². The number of halogens is 1. The van der Waals surface area contributed by atoms with E-state index in [0.717, 1.165) is 23.3 Å². The van der Waals surface area contributed by atoms with Crippen molar-refractivity contribution >= 4 is 35.8 Å². The summed E-state index contributed by atoms with van der Waals surface area (Å²) in [5, 5.41) is 3.27. The number of carbonyl (C=O) groups is 1. The summed E-state index contributed by atoms with van der Waals surface area (Å²) in [6.07, 6.45) is 0.833. The molecule has 0 fully saturated rings. The number of guanidine groups is 1. The summed E-state index contributed by atoms with van der Waals surface area (Å²) in [5.74, 6) is 1.25. The minimum atomic E-state index is -0.0271. The van der Waals surface area contributed by atoms with Crippen LogP contribution < -0.4 is 15.8 Å². The van der Waals surface area contributed by atoms with Gasteiger partial charge in [-0.15, -0.1) is 24.0 Å². The Labute approximate surface area is 176 Å². The van der Waals surface area contributed by atoms with Crippen molar-refractivity contribution < 1.29 is 9.53 Å². The topological polar surface area (TPSA) is 80.0 Å². The summed E-state index contributed by atoms with van der Waals surface area (Å²) in [6.45, 7) is 1.06. The molecule has 1 atom stereocenters. The number of nitrogens with two attached hydrogens (primary N) is 1. The van der Waals surface area contributed by atoms with E-state index in [4.69, 9.17) is 10.5 Å². The number of carbonyl (C=O) groups excluding carboxylic acids is 1. The molecule has 0 saturated carbocycles. The summed E-state index contributed by atoms with van der Waals surface area (Å²) in [6, 6.07) is 15.5. The highest BCUT2D eigenvalue weighted by Crippen LogP contribution is 2.31. The Balaban J connectivity index is 0.00000261. The highest BCUT2D eigenvalue weighted by molar-refractivity contribution is 14.0. The Bertz CT molecular complexity index is 823. The smallest absolute Gasteiger partial charge is 0.253 e. The SMILES string of the molecule is CN(C)C(=O)c1cccc(CN=C(N)NC2CCOc3ccccc32)c1.I. The Morgan fingerprint density at radius 3 is 2.81 bits per heavy atom. The monoisotopic (exact) mass is 480 g/mol. The van der Waals surface area contributed by atoms with Gasteiger partial charge in [0.15, 0.2) is 5.96 Å². The number of fused-ring (bicyclic) bond motifs is 1. The molecule has 2 aromatic carbocycles. The number of hydrogen-bond acceptors (Lipinski definition) is 3. The third kappa shape index (κ3) is 5.35. The van der Waals surface area contributed by atoms with Crippen LogP contribution in [0, 0.1) is 0 Å². The van der Waals surface area contributed by atoms with Crippen LogP contribution in [0.4, 0.5) is 0 Å². The molecule has 6 nitrogen and oxygen atoms in total. The van der Waals surface area contributed by atoms with Gasteiger partial charge in [-0.2, -0.15) is 0 Å². The Morgan fingerprint density at radius 1 is 1.26 bits per heavy atom. The van der Waals surface area contributed by atoms with Crippen LogP contribution in [0.3, 0.4) is 0 Å². The van der Waals surface area contributed by atoms with Gasteiger partial charge < -0.3 is 20.7 Å². The molecule has 0 spiro atoms. The van der Waals surface area contributed by atoms with Gasteiger partial charge in [-0.05, 0) is 23.8 Å². The number of para-hydroxylation sites is 1. The second-order valence-corrected chi connectivity index (χ2v) is 6.47. The average molecular weight is 480 g/mol. The van der Waals surface area contributed by atoms with Gasteiger partial charge in [0.2, 0.25) is 0 Å². The molecule has 1 aliphatic rings. The minimum absolute atomic E-state index is 0.